The molecule has 0 saturated carbocycles. The molecule has 0 aliphatic rings. The molecule has 0 amide bonds. The fraction of sp³-hybridized carbons (Fsp3) is 0.188. The van der Waals surface area contributed by atoms with Crippen LogP contribution in [-0.2, 0) is 0 Å². The number of thioether (sulfide) groups is 1. The van der Waals surface area contributed by atoms with E-state index < -0.39 is 0 Å². The number of rotatable bonds is 5. The zero-order valence-corrected chi connectivity index (χ0v) is 13.8. The lowest BCUT2D eigenvalue weighted by Crippen LogP contribution is -2.05. The number of ketones is 1. The largest absolute Gasteiger partial charge is 0.496 e. The highest BCUT2D eigenvalue weighted by molar-refractivity contribution is 9.10. The van der Waals surface area contributed by atoms with Crippen LogP contribution in [-0.4, -0.2) is 18.6 Å². The summed E-state index contributed by atoms with van der Waals surface area (Å²) in [5, 5.41) is 0. The molecule has 0 bridgehead atoms. The van der Waals surface area contributed by atoms with Gasteiger partial charge in [0.25, 0.3) is 0 Å². The van der Waals surface area contributed by atoms with Gasteiger partial charge < -0.3 is 4.74 Å². The molecule has 0 saturated heterocycles. The second-order valence-corrected chi connectivity index (χ2v) is 6.33. The molecule has 0 heterocycles. The smallest absolute Gasteiger partial charge is 0.176 e. The van der Waals surface area contributed by atoms with Gasteiger partial charge in [0.2, 0.25) is 0 Å². The van der Waals surface area contributed by atoms with E-state index in [1.165, 1.54) is 11.8 Å². The molecular formula is C16H15BrO2S. The van der Waals surface area contributed by atoms with Crippen molar-refractivity contribution in [1.29, 1.82) is 0 Å². The molecule has 104 valence electrons. The van der Waals surface area contributed by atoms with Crippen LogP contribution in [0.15, 0.2) is 51.8 Å². The molecule has 20 heavy (non-hydrogen) atoms. The highest BCUT2D eigenvalue weighted by atomic mass is 79.9. The average Bonchev–Trinajstić information content (AvgIpc) is 2.46. The van der Waals surface area contributed by atoms with Crippen LogP contribution in [0, 0.1) is 6.92 Å². The van der Waals surface area contributed by atoms with E-state index in [1.54, 1.807) is 7.11 Å². The average molecular weight is 351 g/mol. The lowest BCUT2D eigenvalue weighted by molar-refractivity contribution is 0.101. The quantitative estimate of drug-likeness (QED) is 0.575. The molecule has 4 heteroatoms. The maximum absolute atomic E-state index is 12.3. The fourth-order valence-corrected chi connectivity index (χ4v) is 2.84. The standard InChI is InChI=1S/C16H15BrO2S/c1-11-3-8-16(19-2)14(9-11)15(18)10-20-13-6-4-12(17)5-7-13/h3-9H,10H2,1-2H3. The van der Waals surface area contributed by atoms with Crippen LogP contribution in [0.4, 0.5) is 0 Å². The number of carbonyl (C=O) groups excluding carboxylic acids is 1. The minimum atomic E-state index is 0.0819. The lowest BCUT2D eigenvalue weighted by Gasteiger charge is -2.08. The highest BCUT2D eigenvalue weighted by Gasteiger charge is 2.12. The third-order valence-corrected chi connectivity index (χ3v) is 4.38. The van der Waals surface area contributed by atoms with E-state index in [-0.39, 0.29) is 5.78 Å². The Morgan fingerprint density at radius 3 is 2.55 bits per heavy atom. The number of Topliss-reactive ketones (excluding diaryl/α,β-unsaturated/α-hetero) is 1. The minimum Gasteiger partial charge on any atom is -0.496 e. The molecule has 0 aromatic heterocycles. The van der Waals surface area contributed by atoms with E-state index in [2.05, 4.69) is 15.9 Å². The number of hydrogen-bond acceptors (Lipinski definition) is 3. The van der Waals surface area contributed by atoms with Crippen molar-refractivity contribution >= 4 is 33.5 Å². The molecule has 0 fully saturated rings. The molecule has 0 aliphatic carbocycles. The Morgan fingerprint density at radius 1 is 1.20 bits per heavy atom. The second-order valence-electron chi connectivity index (χ2n) is 4.37. The molecule has 2 aromatic rings. The van der Waals surface area contributed by atoms with Crippen molar-refractivity contribution in [2.24, 2.45) is 0 Å². The van der Waals surface area contributed by atoms with Crippen molar-refractivity contribution in [3.8, 4) is 5.75 Å². The van der Waals surface area contributed by atoms with Gasteiger partial charge in [-0.1, -0.05) is 27.6 Å². The maximum Gasteiger partial charge on any atom is 0.176 e. The number of halogens is 1. The Labute approximate surface area is 131 Å². The van der Waals surface area contributed by atoms with Gasteiger partial charge in [-0.25, -0.2) is 0 Å². The normalized spacial score (nSPS) is 10.3. The molecule has 2 nitrogen and oxygen atoms in total. The first-order valence-corrected chi connectivity index (χ1v) is 7.94. The van der Waals surface area contributed by atoms with Gasteiger partial charge in [-0.05, 0) is 43.3 Å². The predicted octanol–water partition coefficient (Wildman–Crippen LogP) is 4.74. The minimum absolute atomic E-state index is 0.0819. The summed E-state index contributed by atoms with van der Waals surface area (Å²) in [6, 6.07) is 13.6. The van der Waals surface area contributed by atoms with Crippen LogP contribution >= 0.6 is 27.7 Å². The van der Waals surface area contributed by atoms with Gasteiger partial charge >= 0.3 is 0 Å². The van der Waals surface area contributed by atoms with Gasteiger partial charge in [0.15, 0.2) is 5.78 Å². The zero-order valence-electron chi connectivity index (χ0n) is 11.4. The second kappa shape index (κ2) is 6.95. The molecule has 0 atom stereocenters. The van der Waals surface area contributed by atoms with Gasteiger partial charge in [0.1, 0.15) is 5.75 Å². The molecule has 0 unspecified atom stereocenters. The summed E-state index contributed by atoms with van der Waals surface area (Å²) in [5.74, 6) is 1.12. The number of ether oxygens (including phenoxy) is 1. The van der Waals surface area contributed by atoms with Gasteiger partial charge in [-0.2, -0.15) is 0 Å². The van der Waals surface area contributed by atoms with E-state index in [0.717, 1.165) is 14.9 Å². The SMILES string of the molecule is COc1ccc(C)cc1C(=O)CSc1ccc(Br)cc1. The van der Waals surface area contributed by atoms with E-state index >= 15 is 0 Å². The van der Waals surface area contributed by atoms with Crippen molar-refractivity contribution in [1.82, 2.24) is 0 Å². The number of benzene rings is 2. The Hall–Kier alpha value is -1.26. The lowest BCUT2D eigenvalue weighted by atomic mass is 10.1. The van der Waals surface area contributed by atoms with Crippen LogP contribution in [0.1, 0.15) is 15.9 Å². The Balaban J connectivity index is 2.08. The summed E-state index contributed by atoms with van der Waals surface area (Å²) >= 11 is 4.93. The third kappa shape index (κ3) is 3.87. The van der Waals surface area contributed by atoms with Crippen LogP contribution < -0.4 is 4.74 Å². The summed E-state index contributed by atoms with van der Waals surface area (Å²) in [7, 11) is 1.59. The van der Waals surface area contributed by atoms with Gasteiger partial charge in [-0.15, -0.1) is 11.8 Å². The summed E-state index contributed by atoms with van der Waals surface area (Å²) in [5.41, 5.74) is 1.71. The predicted molar refractivity (Wildman–Crippen MR) is 86.9 cm³/mol. The maximum atomic E-state index is 12.3. The number of methoxy groups -OCH3 is 1. The summed E-state index contributed by atoms with van der Waals surface area (Å²) in [6.07, 6.45) is 0. The number of hydrogen-bond donors (Lipinski definition) is 0. The first-order valence-electron chi connectivity index (χ1n) is 6.16. The third-order valence-electron chi connectivity index (χ3n) is 2.84. The molecule has 0 spiro atoms. The molecule has 2 rings (SSSR count). The van der Waals surface area contributed by atoms with Crippen molar-refractivity contribution in [3.05, 3.63) is 58.1 Å². The molecule has 2 aromatic carbocycles. The Kier molecular flexibility index (Phi) is 5.26. The zero-order chi connectivity index (χ0) is 14.5. The molecule has 0 aliphatic heterocycles. The van der Waals surface area contributed by atoms with Gasteiger partial charge in [0.05, 0.1) is 18.4 Å². The van der Waals surface area contributed by atoms with Crippen LogP contribution in [0.2, 0.25) is 0 Å². The summed E-state index contributed by atoms with van der Waals surface area (Å²) in [4.78, 5) is 13.4. The highest BCUT2D eigenvalue weighted by Crippen LogP contribution is 2.25. The number of aryl methyl sites for hydroxylation is 1. The monoisotopic (exact) mass is 350 g/mol. The topological polar surface area (TPSA) is 26.3 Å². The van der Waals surface area contributed by atoms with Crippen LogP contribution in [0.5, 0.6) is 5.75 Å². The number of carbonyl (C=O) groups is 1. The molecular weight excluding hydrogens is 336 g/mol. The fourth-order valence-electron chi connectivity index (χ4n) is 1.80. The summed E-state index contributed by atoms with van der Waals surface area (Å²) < 4.78 is 6.29. The molecule has 0 radical (unpaired) electrons. The Bertz CT molecular complexity index is 608. The van der Waals surface area contributed by atoms with Gasteiger partial charge in [-0.3, -0.25) is 4.79 Å². The van der Waals surface area contributed by atoms with Crippen LogP contribution in [0.3, 0.4) is 0 Å². The first kappa shape index (κ1) is 15.1. The van der Waals surface area contributed by atoms with E-state index in [4.69, 9.17) is 4.74 Å². The van der Waals surface area contributed by atoms with Crippen molar-refractivity contribution in [2.45, 2.75) is 11.8 Å². The van der Waals surface area contributed by atoms with Crippen molar-refractivity contribution < 1.29 is 9.53 Å². The van der Waals surface area contributed by atoms with Crippen LogP contribution in [0.25, 0.3) is 0 Å². The van der Waals surface area contributed by atoms with E-state index in [1.807, 2.05) is 49.4 Å². The van der Waals surface area contributed by atoms with Gasteiger partial charge in [0, 0.05) is 9.37 Å². The van der Waals surface area contributed by atoms with Crippen molar-refractivity contribution in [2.75, 3.05) is 12.9 Å². The molecule has 0 N–H and O–H groups in total. The Morgan fingerprint density at radius 2 is 1.90 bits per heavy atom. The van der Waals surface area contributed by atoms with E-state index in [9.17, 15) is 4.79 Å². The summed E-state index contributed by atoms with van der Waals surface area (Å²) in [6.45, 7) is 1.97. The first-order chi connectivity index (χ1) is 9.60. The van der Waals surface area contributed by atoms with Crippen molar-refractivity contribution in [3.63, 3.8) is 0 Å². The van der Waals surface area contributed by atoms with E-state index in [0.29, 0.717) is 17.1 Å².